The first-order valence-electron chi connectivity index (χ1n) is 13.7. The second-order valence-corrected chi connectivity index (χ2v) is 11.4. The third-order valence-corrected chi connectivity index (χ3v) is 8.39. The molecule has 0 bridgehead atoms. The molecule has 7 nitrogen and oxygen atoms in total. The highest BCUT2D eigenvalue weighted by Gasteiger charge is 2.36. The van der Waals surface area contributed by atoms with Crippen molar-refractivity contribution in [2.24, 2.45) is 5.92 Å². The monoisotopic (exact) mass is 561 g/mol. The molecule has 1 saturated heterocycles. The molecule has 1 saturated carbocycles. The van der Waals surface area contributed by atoms with Crippen molar-refractivity contribution in [2.45, 2.75) is 63.8 Å². The standard InChI is InChI=1S/C29H35F4N5O2/c1-16-14-38(15-17(2)37(16)3)26-12-24(30)21(19-6-7-34-20(9-19)8-18-4-5-18)10-25(26)36-28(40)22-13-35-27(39)11-23(22)29(31,32)33/h6,10-13,16-18,20,34H,4-5,7-9,14-15H2,1-3H3,(H,35,39)(H,36,40)/t16-,17+,20?. The van der Waals surface area contributed by atoms with Crippen molar-refractivity contribution in [2.75, 3.05) is 36.9 Å². The molecule has 11 heteroatoms. The minimum Gasteiger partial charge on any atom is -0.367 e. The summed E-state index contributed by atoms with van der Waals surface area (Å²) in [5.41, 5.74) is -1.24. The minimum atomic E-state index is -4.91. The van der Waals surface area contributed by atoms with Gasteiger partial charge in [0.15, 0.2) is 0 Å². The summed E-state index contributed by atoms with van der Waals surface area (Å²) < 4.78 is 56.9. The van der Waals surface area contributed by atoms with Crippen molar-refractivity contribution in [1.82, 2.24) is 15.2 Å². The van der Waals surface area contributed by atoms with Gasteiger partial charge < -0.3 is 20.5 Å². The summed E-state index contributed by atoms with van der Waals surface area (Å²) in [4.78, 5) is 31.2. The minimum absolute atomic E-state index is 0.126. The SMILES string of the molecule is C[C@@H]1CN(c2cc(F)c(C3=CCNC(CC4CC4)C3)cc2NC(=O)c2c[nH]c(=O)cc2C(F)(F)F)C[C@H](C)N1C. The Balaban J connectivity index is 1.53. The van der Waals surface area contributed by atoms with Crippen LogP contribution in [0.15, 0.2) is 35.3 Å². The van der Waals surface area contributed by atoms with E-state index in [0.717, 1.165) is 18.2 Å². The largest absolute Gasteiger partial charge is 0.417 e. The number of benzene rings is 1. The van der Waals surface area contributed by atoms with Crippen LogP contribution in [0, 0.1) is 11.7 Å². The molecular formula is C29H35F4N5O2. The normalized spacial score (nSPS) is 24.1. The smallest absolute Gasteiger partial charge is 0.367 e. The van der Waals surface area contributed by atoms with E-state index in [0.29, 0.717) is 49.3 Å². The molecule has 5 rings (SSSR count). The van der Waals surface area contributed by atoms with E-state index < -0.39 is 34.6 Å². The average Bonchev–Trinajstić information content (AvgIpc) is 3.71. The van der Waals surface area contributed by atoms with Crippen molar-refractivity contribution >= 4 is 22.9 Å². The lowest BCUT2D eigenvalue weighted by Crippen LogP contribution is -2.55. The fourth-order valence-electron chi connectivity index (χ4n) is 5.77. The second kappa shape index (κ2) is 11.0. The molecule has 3 heterocycles. The van der Waals surface area contributed by atoms with Crippen LogP contribution >= 0.6 is 0 Å². The summed E-state index contributed by atoms with van der Waals surface area (Å²) in [7, 11) is 2.01. The van der Waals surface area contributed by atoms with Gasteiger partial charge in [0, 0.05) is 55.6 Å². The van der Waals surface area contributed by atoms with Gasteiger partial charge >= 0.3 is 6.18 Å². The number of piperazine rings is 1. The number of amides is 1. The quantitative estimate of drug-likeness (QED) is 0.439. The highest BCUT2D eigenvalue weighted by Crippen LogP contribution is 2.39. The van der Waals surface area contributed by atoms with E-state index in [9.17, 15) is 22.8 Å². The van der Waals surface area contributed by atoms with Crippen molar-refractivity contribution in [3.63, 3.8) is 0 Å². The van der Waals surface area contributed by atoms with Crippen LogP contribution in [0.25, 0.3) is 5.57 Å². The van der Waals surface area contributed by atoms with Crippen LogP contribution in [0.1, 0.15) is 61.0 Å². The maximum atomic E-state index is 15.8. The number of hydrogen-bond acceptors (Lipinski definition) is 5. The molecule has 3 atom stereocenters. The molecule has 1 unspecified atom stereocenters. The van der Waals surface area contributed by atoms with E-state index in [1.54, 1.807) is 6.07 Å². The van der Waals surface area contributed by atoms with E-state index >= 15 is 4.39 Å². The summed E-state index contributed by atoms with van der Waals surface area (Å²) in [6.07, 6.45) is 1.85. The van der Waals surface area contributed by atoms with Crippen LogP contribution in [-0.4, -0.2) is 60.6 Å². The number of likely N-dealkylation sites (N-methyl/N-ethyl adjacent to an activating group) is 1. The summed E-state index contributed by atoms with van der Waals surface area (Å²) in [5, 5.41) is 6.09. The topological polar surface area (TPSA) is 80.5 Å². The fraction of sp³-hybridized carbons (Fsp3) is 0.517. The number of carbonyl (C=O) groups is 1. The molecule has 1 aromatic carbocycles. The van der Waals surface area contributed by atoms with Crippen LogP contribution < -0.4 is 21.1 Å². The van der Waals surface area contributed by atoms with Gasteiger partial charge in [-0.05, 0) is 57.4 Å². The van der Waals surface area contributed by atoms with Gasteiger partial charge in [-0.1, -0.05) is 18.9 Å². The zero-order valence-corrected chi connectivity index (χ0v) is 22.9. The van der Waals surface area contributed by atoms with Gasteiger partial charge in [0.1, 0.15) is 5.82 Å². The van der Waals surface area contributed by atoms with Crippen molar-refractivity contribution in [3.05, 3.63) is 63.3 Å². The molecule has 1 aromatic heterocycles. The van der Waals surface area contributed by atoms with Gasteiger partial charge in [0.25, 0.3) is 5.91 Å². The number of rotatable bonds is 6. The molecule has 1 amide bonds. The molecule has 0 spiro atoms. The summed E-state index contributed by atoms with van der Waals surface area (Å²) in [5.74, 6) is -0.783. The lowest BCUT2D eigenvalue weighted by molar-refractivity contribution is -0.138. The lowest BCUT2D eigenvalue weighted by Gasteiger charge is -2.44. The number of carbonyl (C=O) groups excluding carboxylic acids is 1. The van der Waals surface area contributed by atoms with Crippen molar-refractivity contribution in [3.8, 4) is 0 Å². The molecule has 2 aliphatic heterocycles. The summed E-state index contributed by atoms with van der Waals surface area (Å²) in [6.45, 7) is 5.77. The van der Waals surface area contributed by atoms with Crippen LogP contribution in [0.4, 0.5) is 28.9 Å². The molecule has 3 aliphatic rings. The number of anilines is 2. The summed E-state index contributed by atoms with van der Waals surface area (Å²) in [6, 6.07) is 3.77. The Kier molecular flexibility index (Phi) is 7.80. The number of nitrogens with one attached hydrogen (secondary N) is 3. The predicted octanol–water partition coefficient (Wildman–Crippen LogP) is 4.86. The molecule has 40 heavy (non-hydrogen) atoms. The molecule has 3 N–H and O–H groups in total. The number of alkyl halides is 3. The van der Waals surface area contributed by atoms with E-state index in [-0.39, 0.29) is 23.8 Å². The lowest BCUT2D eigenvalue weighted by atomic mass is 9.91. The first-order valence-corrected chi connectivity index (χ1v) is 13.7. The van der Waals surface area contributed by atoms with Gasteiger partial charge in [-0.15, -0.1) is 0 Å². The number of hydrogen-bond donors (Lipinski definition) is 3. The molecule has 2 aromatic rings. The van der Waals surface area contributed by atoms with Crippen molar-refractivity contribution < 1.29 is 22.4 Å². The van der Waals surface area contributed by atoms with Crippen molar-refractivity contribution in [1.29, 1.82) is 0 Å². The number of pyridine rings is 1. The molecule has 1 aliphatic carbocycles. The molecule has 216 valence electrons. The maximum Gasteiger partial charge on any atom is 0.417 e. The van der Waals surface area contributed by atoms with Crippen LogP contribution in [0.3, 0.4) is 0 Å². The Hall–Kier alpha value is -3.18. The highest BCUT2D eigenvalue weighted by atomic mass is 19.4. The van der Waals surface area contributed by atoms with E-state index in [1.165, 1.54) is 18.9 Å². The van der Waals surface area contributed by atoms with E-state index in [2.05, 4.69) is 20.5 Å². The Morgan fingerprint density at radius 1 is 1.12 bits per heavy atom. The van der Waals surface area contributed by atoms with Gasteiger partial charge in [-0.25, -0.2) is 4.39 Å². The number of aromatic amines is 1. The van der Waals surface area contributed by atoms with E-state index in [4.69, 9.17) is 0 Å². The van der Waals surface area contributed by atoms with Gasteiger partial charge in [0.05, 0.1) is 22.5 Å². The van der Waals surface area contributed by atoms with Gasteiger partial charge in [-0.2, -0.15) is 13.2 Å². The first kappa shape index (κ1) is 28.4. The van der Waals surface area contributed by atoms with Gasteiger partial charge in [0.2, 0.25) is 5.56 Å². The Bertz CT molecular complexity index is 1360. The highest BCUT2D eigenvalue weighted by molar-refractivity contribution is 6.07. The zero-order valence-electron chi connectivity index (χ0n) is 22.9. The Labute approximate surface area is 230 Å². The number of nitrogens with zero attached hydrogens (tertiary/aromatic N) is 2. The Morgan fingerprint density at radius 3 is 2.48 bits per heavy atom. The maximum absolute atomic E-state index is 15.8. The molecular weight excluding hydrogens is 526 g/mol. The van der Waals surface area contributed by atoms with Crippen LogP contribution in [-0.2, 0) is 6.18 Å². The predicted molar refractivity (Wildman–Crippen MR) is 147 cm³/mol. The number of H-pyrrole nitrogens is 1. The van der Waals surface area contributed by atoms with Crippen LogP contribution in [0.5, 0.6) is 0 Å². The number of halogens is 4. The van der Waals surface area contributed by atoms with E-state index in [1.807, 2.05) is 31.9 Å². The average molecular weight is 562 g/mol. The fourth-order valence-corrected chi connectivity index (χ4v) is 5.77. The first-order chi connectivity index (χ1) is 18.9. The Morgan fingerprint density at radius 2 is 1.82 bits per heavy atom. The van der Waals surface area contributed by atoms with Gasteiger partial charge in [-0.3, -0.25) is 14.5 Å². The molecule has 2 fully saturated rings. The summed E-state index contributed by atoms with van der Waals surface area (Å²) >= 11 is 0. The number of aromatic nitrogens is 1. The van der Waals surface area contributed by atoms with Crippen LogP contribution in [0.2, 0.25) is 0 Å². The molecule has 0 radical (unpaired) electrons. The third kappa shape index (κ3) is 6.10. The zero-order chi connectivity index (χ0) is 28.8. The third-order valence-electron chi connectivity index (χ3n) is 8.39. The second-order valence-electron chi connectivity index (χ2n) is 11.4.